The molecule has 0 bridgehead atoms. The third-order valence-corrected chi connectivity index (χ3v) is 6.79. The molecule has 1 aliphatic heterocycles. The van der Waals surface area contributed by atoms with Crippen molar-refractivity contribution in [2.45, 2.75) is 37.4 Å². The van der Waals surface area contributed by atoms with E-state index in [2.05, 4.69) is 5.32 Å². The average Bonchev–Trinajstić information content (AvgIpc) is 2.60. The van der Waals surface area contributed by atoms with E-state index >= 15 is 0 Å². The summed E-state index contributed by atoms with van der Waals surface area (Å²) in [5.41, 5.74) is -5.89. The summed E-state index contributed by atoms with van der Waals surface area (Å²) in [5, 5.41) is 14.2. The van der Waals surface area contributed by atoms with Crippen molar-refractivity contribution >= 4 is 13.6 Å². The number of alkyl halides is 3. The van der Waals surface area contributed by atoms with Crippen molar-refractivity contribution in [2.24, 2.45) is 0 Å². The van der Waals surface area contributed by atoms with E-state index in [-0.39, 0.29) is 18.8 Å². The van der Waals surface area contributed by atoms with E-state index in [9.17, 15) is 27.6 Å². The van der Waals surface area contributed by atoms with Gasteiger partial charge in [0.1, 0.15) is 11.4 Å². The largest absolute Gasteiger partial charge is 0.497 e. The van der Waals surface area contributed by atoms with Crippen LogP contribution in [0.5, 0.6) is 5.75 Å². The Hall–Kier alpha value is -1.81. The smallest absolute Gasteiger partial charge is 0.437 e. The van der Waals surface area contributed by atoms with Crippen LogP contribution in [0.1, 0.15) is 25.5 Å². The molecule has 3 N–H and O–H groups in total. The Morgan fingerprint density at radius 1 is 1.18 bits per heavy atom. The van der Waals surface area contributed by atoms with Crippen molar-refractivity contribution in [2.75, 3.05) is 20.3 Å². The lowest BCUT2D eigenvalue weighted by atomic mass is 9.93. The number of carbonyl (C=O) groups is 1. The highest BCUT2D eigenvalue weighted by Gasteiger charge is 2.70. The molecule has 8 nitrogen and oxygen atoms in total. The number of halogens is 3. The molecule has 1 aromatic rings. The number of carbonyl (C=O) groups excluding carboxylic acids is 1. The zero-order chi connectivity index (χ0) is 21.2. The first-order valence-corrected chi connectivity index (χ1v) is 10.0. The van der Waals surface area contributed by atoms with Crippen LogP contribution in [0, 0.1) is 0 Å². The summed E-state index contributed by atoms with van der Waals surface area (Å²) in [6.45, 7) is 2.39. The van der Waals surface area contributed by atoms with Gasteiger partial charge in [0.2, 0.25) is 0 Å². The van der Waals surface area contributed by atoms with Gasteiger partial charge < -0.3 is 29.5 Å². The molecule has 12 heteroatoms. The first kappa shape index (κ1) is 22.5. The van der Waals surface area contributed by atoms with E-state index in [0.717, 1.165) is 0 Å². The van der Waals surface area contributed by atoms with Gasteiger partial charge in [0.05, 0.1) is 26.4 Å². The summed E-state index contributed by atoms with van der Waals surface area (Å²) in [6, 6.07) is 2.90. The fourth-order valence-electron chi connectivity index (χ4n) is 3.03. The Bertz CT molecular complexity index is 735. The van der Waals surface area contributed by atoms with Gasteiger partial charge >= 0.3 is 19.8 Å². The molecule has 1 fully saturated rings. The van der Waals surface area contributed by atoms with Crippen LogP contribution in [0.3, 0.4) is 0 Å². The minimum atomic E-state index is -5.36. The summed E-state index contributed by atoms with van der Waals surface area (Å²) >= 11 is 0. The van der Waals surface area contributed by atoms with Crippen molar-refractivity contribution in [3.63, 3.8) is 0 Å². The van der Waals surface area contributed by atoms with Crippen molar-refractivity contribution in [1.29, 1.82) is 0 Å². The fourth-order valence-corrected chi connectivity index (χ4v) is 5.42. The summed E-state index contributed by atoms with van der Waals surface area (Å²) < 4.78 is 70.0. The molecule has 2 rings (SSSR count). The van der Waals surface area contributed by atoms with Crippen LogP contribution in [-0.2, 0) is 13.6 Å². The second-order valence-electron chi connectivity index (χ2n) is 5.93. The zero-order valence-electron chi connectivity index (χ0n) is 15.4. The van der Waals surface area contributed by atoms with Crippen LogP contribution in [0.25, 0.3) is 0 Å². The first-order chi connectivity index (χ1) is 13.0. The summed E-state index contributed by atoms with van der Waals surface area (Å²) in [6.07, 6.45) is -5.36. The van der Waals surface area contributed by atoms with Crippen molar-refractivity contribution in [3.8, 4) is 5.75 Å². The van der Waals surface area contributed by atoms with Gasteiger partial charge in [-0.15, -0.1) is 0 Å². The van der Waals surface area contributed by atoms with E-state index in [0.29, 0.717) is 5.75 Å². The normalized spacial score (nSPS) is 25.8. The van der Waals surface area contributed by atoms with Crippen LogP contribution in [0.15, 0.2) is 24.3 Å². The number of rotatable bonds is 7. The number of hydrogen-bond acceptors (Lipinski definition) is 6. The molecule has 0 spiro atoms. The molecule has 158 valence electrons. The SMILES string of the molecule is CCOP(=O)(OCC)C1C(c2ccc(OC)cc2)NC(=O)NC1(O)C(F)(F)F. The molecule has 3 unspecified atom stereocenters. The number of nitrogens with one attached hydrogen (secondary N) is 2. The number of amides is 2. The highest BCUT2D eigenvalue weighted by atomic mass is 31.2. The molecule has 0 saturated carbocycles. The number of hydrogen-bond donors (Lipinski definition) is 3. The van der Waals surface area contributed by atoms with Gasteiger partial charge in [0.15, 0.2) is 0 Å². The highest BCUT2D eigenvalue weighted by molar-refractivity contribution is 7.54. The van der Waals surface area contributed by atoms with Gasteiger partial charge in [0, 0.05) is 0 Å². The standard InChI is InChI=1S/C16H22F3N2O6P/c1-4-26-28(24,27-5-2)13-12(10-6-8-11(25-3)9-7-10)20-14(22)21-15(13,23)16(17,18)19/h6-9,12-13,23H,4-5H2,1-3H3,(H2,20,21,22). The highest BCUT2D eigenvalue weighted by Crippen LogP contribution is 2.62. The fraction of sp³-hybridized carbons (Fsp3) is 0.562. The Labute approximate surface area is 159 Å². The number of benzene rings is 1. The second-order valence-corrected chi connectivity index (χ2v) is 8.09. The second kappa shape index (κ2) is 8.28. The molecule has 0 aromatic heterocycles. The van der Waals surface area contributed by atoms with Gasteiger partial charge in [-0.3, -0.25) is 4.57 Å². The Morgan fingerprint density at radius 3 is 2.14 bits per heavy atom. The van der Waals surface area contributed by atoms with Crippen LogP contribution >= 0.6 is 7.60 Å². The molecule has 2 amide bonds. The maximum absolute atomic E-state index is 13.8. The minimum absolute atomic E-state index is 0.156. The van der Waals surface area contributed by atoms with E-state index in [4.69, 9.17) is 13.8 Å². The Morgan fingerprint density at radius 2 is 1.71 bits per heavy atom. The van der Waals surface area contributed by atoms with Gasteiger partial charge in [-0.1, -0.05) is 12.1 Å². The lowest BCUT2D eigenvalue weighted by Crippen LogP contribution is -2.73. The quantitative estimate of drug-likeness (QED) is 0.579. The summed E-state index contributed by atoms with van der Waals surface area (Å²) in [5.74, 6) is 0.421. The van der Waals surface area contributed by atoms with Gasteiger partial charge in [-0.25, -0.2) is 4.79 Å². The lowest BCUT2D eigenvalue weighted by molar-refractivity contribution is -0.274. The van der Waals surface area contributed by atoms with Crippen LogP contribution in [0.4, 0.5) is 18.0 Å². The number of urea groups is 1. The maximum Gasteiger partial charge on any atom is 0.437 e. The van der Waals surface area contributed by atoms with Crippen molar-refractivity contribution < 1.29 is 41.4 Å². The average molecular weight is 426 g/mol. The molecule has 1 aliphatic rings. The third-order valence-electron chi connectivity index (χ3n) is 4.20. The van der Waals surface area contributed by atoms with E-state index in [1.54, 1.807) is 0 Å². The molecule has 1 heterocycles. The number of ether oxygens (including phenoxy) is 1. The van der Waals surface area contributed by atoms with Crippen molar-refractivity contribution in [1.82, 2.24) is 10.6 Å². The first-order valence-electron chi connectivity index (χ1n) is 8.43. The maximum atomic E-state index is 13.8. The van der Waals surface area contributed by atoms with Gasteiger partial charge in [0.25, 0.3) is 5.72 Å². The zero-order valence-corrected chi connectivity index (χ0v) is 16.3. The molecular weight excluding hydrogens is 404 g/mol. The van der Waals surface area contributed by atoms with Gasteiger partial charge in [-0.2, -0.15) is 13.2 Å². The van der Waals surface area contributed by atoms with Gasteiger partial charge in [-0.05, 0) is 31.5 Å². The molecule has 0 aliphatic carbocycles. The monoisotopic (exact) mass is 426 g/mol. The lowest BCUT2D eigenvalue weighted by Gasteiger charge is -2.47. The molecular formula is C16H22F3N2O6P. The predicted octanol–water partition coefficient (Wildman–Crippen LogP) is 2.93. The summed E-state index contributed by atoms with van der Waals surface area (Å²) in [4.78, 5) is 11.9. The van der Waals surface area contributed by atoms with Crippen LogP contribution < -0.4 is 15.4 Å². The number of methoxy groups -OCH3 is 1. The van der Waals surface area contributed by atoms with Crippen molar-refractivity contribution in [3.05, 3.63) is 29.8 Å². The van der Waals surface area contributed by atoms with E-state index < -0.39 is 37.2 Å². The molecule has 28 heavy (non-hydrogen) atoms. The van der Waals surface area contributed by atoms with Crippen LogP contribution in [-0.4, -0.2) is 49.0 Å². The van der Waals surface area contributed by atoms with E-state index in [1.165, 1.54) is 50.5 Å². The molecule has 3 atom stereocenters. The summed E-state index contributed by atoms with van der Waals surface area (Å²) in [7, 11) is -3.15. The molecule has 1 aromatic carbocycles. The third kappa shape index (κ3) is 4.12. The Kier molecular flexibility index (Phi) is 6.65. The molecule has 0 radical (unpaired) electrons. The minimum Gasteiger partial charge on any atom is -0.497 e. The van der Waals surface area contributed by atoms with Crippen LogP contribution in [0.2, 0.25) is 0 Å². The predicted molar refractivity (Wildman–Crippen MR) is 93.1 cm³/mol. The Balaban J connectivity index is 2.67. The topological polar surface area (TPSA) is 106 Å². The molecule has 1 saturated heterocycles. The van der Waals surface area contributed by atoms with E-state index in [1.807, 2.05) is 0 Å². The number of aliphatic hydroxyl groups is 1.